The lowest BCUT2D eigenvalue weighted by Gasteiger charge is -2.15. The first-order valence-corrected chi connectivity index (χ1v) is 9.89. The van der Waals surface area contributed by atoms with E-state index in [-0.39, 0.29) is 18.4 Å². The fourth-order valence-electron chi connectivity index (χ4n) is 3.36. The number of rotatable bonds is 8. The first-order chi connectivity index (χ1) is 14.3. The van der Waals surface area contributed by atoms with E-state index in [1.807, 2.05) is 11.0 Å². The lowest BCUT2D eigenvalue weighted by molar-refractivity contribution is -0.137. The predicted octanol–water partition coefficient (Wildman–Crippen LogP) is 4.06. The van der Waals surface area contributed by atoms with Gasteiger partial charge in [-0.25, -0.2) is 0 Å². The predicted molar refractivity (Wildman–Crippen MR) is 108 cm³/mol. The Morgan fingerprint density at radius 3 is 2.63 bits per heavy atom. The zero-order valence-corrected chi connectivity index (χ0v) is 16.5. The van der Waals surface area contributed by atoms with Crippen molar-refractivity contribution in [2.45, 2.75) is 32.0 Å². The molecule has 2 amide bonds. The maximum absolute atomic E-state index is 12.8. The maximum Gasteiger partial charge on any atom is 0.416 e. The monoisotopic (exact) mass is 419 g/mol. The van der Waals surface area contributed by atoms with Crippen molar-refractivity contribution in [1.29, 1.82) is 0 Å². The SMILES string of the molecule is O=C(NCc1cccc(C(F)(F)F)c1)c1cccc(NCCCN2CCCC2=O)c1. The third kappa shape index (κ3) is 5.98. The second-order valence-corrected chi connectivity index (χ2v) is 7.23. The number of halogens is 3. The van der Waals surface area contributed by atoms with Crippen LogP contribution < -0.4 is 10.6 Å². The van der Waals surface area contributed by atoms with Gasteiger partial charge in [0.2, 0.25) is 5.91 Å². The van der Waals surface area contributed by atoms with Crippen LogP contribution in [-0.2, 0) is 17.5 Å². The van der Waals surface area contributed by atoms with E-state index in [1.165, 1.54) is 6.07 Å². The van der Waals surface area contributed by atoms with Gasteiger partial charge in [-0.3, -0.25) is 9.59 Å². The molecule has 0 aromatic heterocycles. The molecule has 8 heteroatoms. The molecular formula is C22H24F3N3O2. The first kappa shape index (κ1) is 21.7. The van der Waals surface area contributed by atoms with Crippen molar-refractivity contribution < 1.29 is 22.8 Å². The molecular weight excluding hydrogens is 395 g/mol. The van der Waals surface area contributed by atoms with Gasteiger partial charge < -0.3 is 15.5 Å². The van der Waals surface area contributed by atoms with Gasteiger partial charge in [0, 0.05) is 43.9 Å². The Kier molecular flexibility index (Phi) is 6.97. The fraction of sp³-hybridized carbons (Fsp3) is 0.364. The molecule has 0 radical (unpaired) electrons. The highest BCUT2D eigenvalue weighted by molar-refractivity contribution is 5.95. The summed E-state index contributed by atoms with van der Waals surface area (Å²) in [5, 5.41) is 5.89. The van der Waals surface area contributed by atoms with Gasteiger partial charge in [-0.2, -0.15) is 13.2 Å². The molecule has 2 N–H and O–H groups in total. The zero-order chi connectivity index (χ0) is 21.6. The van der Waals surface area contributed by atoms with Crippen LogP contribution in [0.5, 0.6) is 0 Å². The van der Waals surface area contributed by atoms with E-state index in [1.54, 1.807) is 24.3 Å². The zero-order valence-electron chi connectivity index (χ0n) is 16.5. The van der Waals surface area contributed by atoms with Crippen molar-refractivity contribution in [2.24, 2.45) is 0 Å². The molecule has 1 fully saturated rings. The Hall–Kier alpha value is -3.03. The van der Waals surface area contributed by atoms with E-state index in [4.69, 9.17) is 0 Å². The van der Waals surface area contributed by atoms with Gasteiger partial charge in [0.25, 0.3) is 5.91 Å². The van der Waals surface area contributed by atoms with Crippen LogP contribution in [0.2, 0.25) is 0 Å². The number of hydrogen-bond donors (Lipinski definition) is 2. The number of likely N-dealkylation sites (tertiary alicyclic amines) is 1. The van der Waals surface area contributed by atoms with E-state index in [9.17, 15) is 22.8 Å². The van der Waals surface area contributed by atoms with E-state index >= 15 is 0 Å². The van der Waals surface area contributed by atoms with Gasteiger partial charge in [-0.05, 0) is 48.7 Å². The van der Waals surface area contributed by atoms with Crippen molar-refractivity contribution in [3.05, 3.63) is 65.2 Å². The largest absolute Gasteiger partial charge is 0.416 e. The van der Waals surface area contributed by atoms with Crippen molar-refractivity contribution >= 4 is 17.5 Å². The molecule has 2 aromatic carbocycles. The Labute approximate surface area is 173 Å². The van der Waals surface area contributed by atoms with Crippen LogP contribution in [0.1, 0.15) is 40.7 Å². The van der Waals surface area contributed by atoms with Crippen LogP contribution in [-0.4, -0.2) is 36.3 Å². The van der Waals surface area contributed by atoms with Crippen molar-refractivity contribution in [2.75, 3.05) is 25.0 Å². The maximum atomic E-state index is 12.8. The molecule has 0 aliphatic carbocycles. The molecule has 1 saturated heterocycles. The molecule has 3 rings (SSSR count). The summed E-state index contributed by atoms with van der Waals surface area (Å²) < 4.78 is 38.4. The number of alkyl halides is 3. The Bertz CT molecular complexity index is 899. The highest BCUT2D eigenvalue weighted by Crippen LogP contribution is 2.29. The van der Waals surface area contributed by atoms with E-state index < -0.39 is 11.7 Å². The van der Waals surface area contributed by atoms with Gasteiger partial charge >= 0.3 is 6.18 Å². The fourth-order valence-corrected chi connectivity index (χ4v) is 3.36. The highest BCUT2D eigenvalue weighted by atomic mass is 19.4. The van der Waals surface area contributed by atoms with Gasteiger partial charge in [0.1, 0.15) is 0 Å². The summed E-state index contributed by atoms with van der Waals surface area (Å²) in [4.78, 5) is 25.8. The number of benzene rings is 2. The molecule has 2 aromatic rings. The van der Waals surface area contributed by atoms with E-state index in [0.29, 0.717) is 30.6 Å². The summed E-state index contributed by atoms with van der Waals surface area (Å²) in [5.41, 5.74) is 0.830. The van der Waals surface area contributed by atoms with Gasteiger partial charge in [-0.15, -0.1) is 0 Å². The molecule has 0 unspecified atom stereocenters. The van der Waals surface area contributed by atoms with Crippen LogP contribution >= 0.6 is 0 Å². The summed E-state index contributed by atoms with van der Waals surface area (Å²) in [6, 6.07) is 11.8. The average molecular weight is 419 g/mol. The number of amides is 2. The van der Waals surface area contributed by atoms with Gasteiger partial charge in [0.15, 0.2) is 0 Å². The molecule has 1 heterocycles. The lowest BCUT2D eigenvalue weighted by Crippen LogP contribution is -2.27. The smallest absolute Gasteiger partial charge is 0.385 e. The summed E-state index contributed by atoms with van der Waals surface area (Å²) in [5.74, 6) is -0.159. The standard InChI is InChI=1S/C22H24F3N3O2/c23-22(24,25)18-7-1-5-16(13-18)15-27-21(30)17-6-2-8-19(14-17)26-10-4-12-28-11-3-9-20(28)29/h1-2,5-8,13-14,26H,3-4,9-12,15H2,(H,27,30). The second-order valence-electron chi connectivity index (χ2n) is 7.23. The highest BCUT2D eigenvalue weighted by Gasteiger charge is 2.30. The normalized spacial score (nSPS) is 14.1. The van der Waals surface area contributed by atoms with Crippen molar-refractivity contribution in [3.8, 4) is 0 Å². The van der Waals surface area contributed by atoms with Crippen LogP contribution in [0, 0.1) is 0 Å². The molecule has 160 valence electrons. The minimum atomic E-state index is -4.41. The van der Waals surface area contributed by atoms with Crippen molar-refractivity contribution in [3.63, 3.8) is 0 Å². The van der Waals surface area contributed by atoms with Crippen LogP contribution in [0.25, 0.3) is 0 Å². The van der Waals surface area contributed by atoms with Gasteiger partial charge in [0.05, 0.1) is 5.56 Å². The molecule has 1 aliphatic rings. The van der Waals surface area contributed by atoms with Crippen LogP contribution in [0.4, 0.5) is 18.9 Å². The topological polar surface area (TPSA) is 61.4 Å². The molecule has 0 spiro atoms. The lowest BCUT2D eigenvalue weighted by atomic mass is 10.1. The van der Waals surface area contributed by atoms with Crippen LogP contribution in [0.3, 0.4) is 0 Å². The van der Waals surface area contributed by atoms with Crippen molar-refractivity contribution in [1.82, 2.24) is 10.2 Å². The number of carbonyl (C=O) groups excluding carboxylic acids is 2. The molecule has 1 aliphatic heterocycles. The summed E-state index contributed by atoms with van der Waals surface area (Å²) in [6.45, 7) is 2.20. The van der Waals surface area contributed by atoms with Gasteiger partial charge in [-0.1, -0.05) is 18.2 Å². The first-order valence-electron chi connectivity index (χ1n) is 9.89. The summed E-state index contributed by atoms with van der Waals surface area (Å²) >= 11 is 0. The number of hydrogen-bond acceptors (Lipinski definition) is 3. The second kappa shape index (κ2) is 9.65. The molecule has 0 atom stereocenters. The molecule has 5 nitrogen and oxygen atoms in total. The number of nitrogens with zero attached hydrogens (tertiary/aromatic N) is 1. The Balaban J connectivity index is 1.49. The molecule has 0 bridgehead atoms. The van der Waals surface area contributed by atoms with E-state index in [0.717, 1.165) is 37.2 Å². The summed E-state index contributed by atoms with van der Waals surface area (Å²) in [6.07, 6.45) is -2.06. The third-order valence-electron chi connectivity index (χ3n) is 4.94. The number of anilines is 1. The Morgan fingerprint density at radius 2 is 1.90 bits per heavy atom. The Morgan fingerprint density at radius 1 is 1.10 bits per heavy atom. The molecule has 30 heavy (non-hydrogen) atoms. The minimum absolute atomic E-state index is 0.00424. The number of carbonyl (C=O) groups is 2. The summed E-state index contributed by atoms with van der Waals surface area (Å²) in [7, 11) is 0. The molecule has 0 saturated carbocycles. The third-order valence-corrected chi connectivity index (χ3v) is 4.94. The quantitative estimate of drug-likeness (QED) is 0.635. The average Bonchev–Trinajstić information content (AvgIpc) is 3.14. The number of nitrogens with one attached hydrogen (secondary N) is 2. The van der Waals surface area contributed by atoms with Crippen LogP contribution in [0.15, 0.2) is 48.5 Å². The minimum Gasteiger partial charge on any atom is -0.385 e. The van der Waals surface area contributed by atoms with E-state index in [2.05, 4.69) is 10.6 Å².